The van der Waals surface area contributed by atoms with Crippen molar-refractivity contribution in [1.29, 1.82) is 0 Å². The van der Waals surface area contributed by atoms with Gasteiger partial charge >= 0.3 is 5.97 Å². The number of hydrogen-bond donors (Lipinski definition) is 1. The summed E-state index contributed by atoms with van der Waals surface area (Å²) in [6.45, 7) is 5.40. The monoisotopic (exact) mass is 229 g/mol. The van der Waals surface area contributed by atoms with Crippen molar-refractivity contribution in [1.82, 2.24) is 4.90 Å². The molecule has 0 aromatic rings. The Morgan fingerprint density at radius 1 is 1.67 bits per heavy atom. The molecule has 1 aliphatic rings. The zero-order chi connectivity index (χ0) is 11.4. The first-order valence-corrected chi connectivity index (χ1v) is 5.89. The molecule has 5 heteroatoms. The second-order valence-corrected chi connectivity index (χ2v) is 4.76. The fourth-order valence-corrected chi connectivity index (χ4v) is 2.75. The number of carboxylic acids is 1. The number of carbonyl (C=O) groups excluding carboxylic acids is 1. The van der Waals surface area contributed by atoms with Crippen molar-refractivity contribution in [3.8, 4) is 0 Å². The molecule has 0 saturated carbocycles. The number of allylic oxidation sites excluding steroid dienone is 1. The average molecular weight is 229 g/mol. The molecule has 0 radical (unpaired) electrons. The predicted octanol–water partition coefficient (Wildman–Crippen LogP) is 1.33. The summed E-state index contributed by atoms with van der Waals surface area (Å²) in [5.74, 6) is -0.533. The molecule has 1 aliphatic heterocycles. The van der Waals surface area contributed by atoms with Crippen LogP contribution in [0.1, 0.15) is 19.8 Å². The lowest BCUT2D eigenvalue weighted by Crippen LogP contribution is -2.44. The lowest BCUT2D eigenvalue weighted by Gasteiger charge is -2.24. The smallest absolute Gasteiger partial charge is 0.327 e. The van der Waals surface area contributed by atoms with E-state index in [-0.39, 0.29) is 11.3 Å². The van der Waals surface area contributed by atoms with Gasteiger partial charge in [-0.05, 0) is 13.3 Å². The SMILES string of the molecule is C=CCCC(=O)N1C(C)SCC1C(=O)O. The van der Waals surface area contributed by atoms with Gasteiger partial charge in [0.1, 0.15) is 6.04 Å². The van der Waals surface area contributed by atoms with Gasteiger partial charge in [0.05, 0.1) is 5.37 Å². The van der Waals surface area contributed by atoms with Gasteiger partial charge < -0.3 is 10.0 Å². The summed E-state index contributed by atoms with van der Waals surface area (Å²) in [7, 11) is 0. The zero-order valence-electron chi connectivity index (χ0n) is 8.68. The molecule has 0 aliphatic carbocycles. The van der Waals surface area contributed by atoms with Gasteiger partial charge in [-0.1, -0.05) is 6.08 Å². The van der Waals surface area contributed by atoms with Crippen LogP contribution in [-0.2, 0) is 9.59 Å². The van der Waals surface area contributed by atoms with E-state index in [4.69, 9.17) is 5.11 Å². The number of hydrogen-bond acceptors (Lipinski definition) is 3. The third kappa shape index (κ3) is 2.75. The lowest BCUT2D eigenvalue weighted by molar-refractivity contribution is -0.148. The third-order valence-electron chi connectivity index (χ3n) is 2.36. The van der Waals surface area contributed by atoms with Crippen LogP contribution in [0.5, 0.6) is 0 Å². The molecule has 0 spiro atoms. The summed E-state index contributed by atoms with van der Waals surface area (Å²) in [4.78, 5) is 24.1. The van der Waals surface area contributed by atoms with Gasteiger partial charge in [-0.25, -0.2) is 4.79 Å². The van der Waals surface area contributed by atoms with Gasteiger partial charge in [0.2, 0.25) is 5.91 Å². The summed E-state index contributed by atoms with van der Waals surface area (Å²) < 4.78 is 0. The maximum atomic E-state index is 11.7. The normalized spacial score (nSPS) is 25.3. The van der Waals surface area contributed by atoms with Crippen molar-refractivity contribution in [2.24, 2.45) is 0 Å². The van der Waals surface area contributed by atoms with Crippen molar-refractivity contribution in [2.45, 2.75) is 31.2 Å². The lowest BCUT2D eigenvalue weighted by atomic mass is 10.2. The van der Waals surface area contributed by atoms with E-state index in [9.17, 15) is 9.59 Å². The van der Waals surface area contributed by atoms with E-state index in [0.29, 0.717) is 18.6 Å². The minimum absolute atomic E-state index is 0.0385. The summed E-state index contributed by atoms with van der Waals surface area (Å²) in [6, 6.07) is -0.665. The zero-order valence-corrected chi connectivity index (χ0v) is 9.50. The Hall–Kier alpha value is -0.970. The van der Waals surface area contributed by atoms with Crippen LogP contribution in [0.25, 0.3) is 0 Å². The number of carboxylic acid groups (broad SMARTS) is 1. The van der Waals surface area contributed by atoms with Crippen LogP contribution in [0.3, 0.4) is 0 Å². The molecule has 1 saturated heterocycles. The van der Waals surface area contributed by atoms with Crippen molar-refractivity contribution < 1.29 is 14.7 Å². The summed E-state index contributed by atoms with van der Waals surface area (Å²) in [5.41, 5.74) is 0. The molecule has 4 nitrogen and oxygen atoms in total. The first kappa shape index (κ1) is 12.1. The summed E-state index contributed by atoms with van der Waals surface area (Å²) >= 11 is 1.50. The number of amides is 1. The van der Waals surface area contributed by atoms with Crippen LogP contribution >= 0.6 is 11.8 Å². The highest BCUT2D eigenvalue weighted by Gasteiger charge is 2.38. The number of rotatable bonds is 4. The van der Waals surface area contributed by atoms with Crippen LogP contribution in [0.4, 0.5) is 0 Å². The topological polar surface area (TPSA) is 57.6 Å². The van der Waals surface area contributed by atoms with Gasteiger partial charge in [-0.3, -0.25) is 4.79 Å². The quantitative estimate of drug-likeness (QED) is 0.739. The van der Waals surface area contributed by atoms with Crippen LogP contribution in [0.2, 0.25) is 0 Å². The standard InChI is InChI=1S/C10H15NO3S/c1-3-4-5-9(12)11-7(2)15-6-8(11)10(13)14/h3,7-8H,1,4-6H2,2H3,(H,13,14). The molecule has 1 N–H and O–H groups in total. The predicted molar refractivity (Wildman–Crippen MR) is 59.6 cm³/mol. The number of carbonyl (C=O) groups is 2. The molecule has 0 bridgehead atoms. The molecule has 1 fully saturated rings. The van der Waals surface area contributed by atoms with E-state index in [0.717, 1.165) is 0 Å². The van der Waals surface area contributed by atoms with Crippen molar-refractivity contribution in [2.75, 3.05) is 5.75 Å². The van der Waals surface area contributed by atoms with Crippen LogP contribution < -0.4 is 0 Å². The Labute approximate surface area is 93.3 Å². The van der Waals surface area contributed by atoms with E-state index >= 15 is 0 Å². The molecular formula is C10H15NO3S. The molecule has 2 atom stereocenters. The van der Waals surface area contributed by atoms with E-state index in [1.54, 1.807) is 6.08 Å². The molecule has 1 rings (SSSR count). The number of nitrogens with zero attached hydrogens (tertiary/aromatic N) is 1. The summed E-state index contributed by atoms with van der Waals surface area (Å²) in [5, 5.41) is 8.91. The molecule has 15 heavy (non-hydrogen) atoms. The van der Waals surface area contributed by atoms with Gasteiger partial charge in [0.15, 0.2) is 0 Å². The Morgan fingerprint density at radius 3 is 2.87 bits per heavy atom. The van der Waals surface area contributed by atoms with Gasteiger partial charge in [0, 0.05) is 12.2 Å². The molecule has 2 unspecified atom stereocenters. The number of aliphatic carboxylic acids is 1. The molecule has 0 aromatic heterocycles. The Bertz CT molecular complexity index is 280. The maximum Gasteiger partial charge on any atom is 0.327 e. The van der Waals surface area contributed by atoms with Crippen molar-refractivity contribution in [3.05, 3.63) is 12.7 Å². The maximum absolute atomic E-state index is 11.7. The molecule has 1 amide bonds. The highest BCUT2D eigenvalue weighted by molar-refractivity contribution is 8.00. The van der Waals surface area contributed by atoms with E-state index in [1.807, 2.05) is 6.92 Å². The largest absolute Gasteiger partial charge is 0.480 e. The van der Waals surface area contributed by atoms with Crippen LogP contribution in [-0.4, -0.2) is 39.1 Å². The fraction of sp³-hybridized carbons (Fsp3) is 0.600. The minimum atomic E-state index is -0.918. The Morgan fingerprint density at radius 2 is 2.33 bits per heavy atom. The van der Waals surface area contributed by atoms with Crippen molar-refractivity contribution >= 4 is 23.6 Å². The highest BCUT2D eigenvalue weighted by Crippen LogP contribution is 2.29. The second-order valence-electron chi connectivity index (χ2n) is 3.42. The first-order chi connectivity index (χ1) is 7.07. The third-order valence-corrected chi connectivity index (χ3v) is 3.58. The molecule has 0 aromatic carbocycles. The molecule has 84 valence electrons. The number of thioether (sulfide) groups is 1. The van der Waals surface area contributed by atoms with E-state index < -0.39 is 12.0 Å². The Balaban J connectivity index is 2.66. The second kappa shape index (κ2) is 5.21. The van der Waals surface area contributed by atoms with Crippen LogP contribution in [0.15, 0.2) is 12.7 Å². The van der Waals surface area contributed by atoms with Crippen molar-refractivity contribution in [3.63, 3.8) is 0 Å². The average Bonchev–Trinajstić information content (AvgIpc) is 2.56. The molecule has 1 heterocycles. The van der Waals surface area contributed by atoms with Crippen LogP contribution in [0, 0.1) is 0 Å². The first-order valence-electron chi connectivity index (χ1n) is 4.84. The van der Waals surface area contributed by atoms with E-state index in [1.165, 1.54) is 16.7 Å². The van der Waals surface area contributed by atoms with Gasteiger partial charge in [-0.15, -0.1) is 18.3 Å². The van der Waals surface area contributed by atoms with E-state index in [2.05, 4.69) is 6.58 Å². The summed E-state index contributed by atoms with van der Waals surface area (Å²) in [6.07, 6.45) is 2.61. The minimum Gasteiger partial charge on any atom is -0.480 e. The fourth-order valence-electron chi connectivity index (χ4n) is 1.57. The Kier molecular flexibility index (Phi) is 4.20. The van der Waals surface area contributed by atoms with Gasteiger partial charge in [-0.2, -0.15) is 0 Å². The molecular weight excluding hydrogens is 214 g/mol. The highest BCUT2D eigenvalue weighted by atomic mass is 32.2. The van der Waals surface area contributed by atoms with Gasteiger partial charge in [0.25, 0.3) is 0 Å².